The second-order valence-corrected chi connectivity index (χ2v) is 6.13. The zero-order chi connectivity index (χ0) is 15.8. The normalized spacial score (nSPS) is 10.8. The Morgan fingerprint density at radius 1 is 1.13 bits per heavy atom. The lowest BCUT2D eigenvalue weighted by Gasteiger charge is -2.04. The molecule has 0 aliphatic carbocycles. The molecule has 0 spiro atoms. The van der Waals surface area contributed by atoms with Crippen molar-refractivity contribution in [1.29, 1.82) is 5.26 Å². The van der Waals surface area contributed by atoms with Crippen LogP contribution in [-0.2, 0) is 0 Å². The van der Waals surface area contributed by atoms with E-state index in [1.807, 2.05) is 41.1 Å². The minimum Gasteiger partial charge on any atom is -0.353 e. The fourth-order valence-corrected chi connectivity index (χ4v) is 2.99. The molecule has 5 heteroatoms. The van der Waals surface area contributed by atoms with E-state index in [4.69, 9.17) is 0 Å². The van der Waals surface area contributed by atoms with E-state index in [9.17, 15) is 5.26 Å². The van der Waals surface area contributed by atoms with Crippen LogP contribution in [0.2, 0.25) is 0 Å². The minimum absolute atomic E-state index is 0.597. The van der Waals surface area contributed by atoms with Crippen molar-refractivity contribution in [3.05, 3.63) is 71.1 Å². The maximum absolute atomic E-state index is 9.31. The van der Waals surface area contributed by atoms with Gasteiger partial charge in [-0.15, -0.1) is 0 Å². The monoisotopic (exact) mass is 362 g/mol. The van der Waals surface area contributed by atoms with Gasteiger partial charge in [0, 0.05) is 21.6 Å². The molecule has 2 heterocycles. The highest BCUT2D eigenvalue weighted by Gasteiger charge is 2.09. The number of rotatable bonds is 2. The van der Waals surface area contributed by atoms with Crippen LogP contribution in [0.25, 0.3) is 28.0 Å². The Morgan fingerprint density at radius 3 is 2.83 bits per heavy atom. The standard InChI is InChI=1S/C18H11BrN4/c19-14-5-6-18(13(7-14)9-20)23-10-17(21-11-23)16-8-12-3-1-2-4-15(12)22-16/h1-8,10-11,22H. The molecule has 0 fully saturated rings. The molecule has 0 saturated heterocycles. The van der Waals surface area contributed by atoms with E-state index in [-0.39, 0.29) is 0 Å². The van der Waals surface area contributed by atoms with Gasteiger partial charge in [0.2, 0.25) is 0 Å². The van der Waals surface area contributed by atoms with Gasteiger partial charge in [-0.25, -0.2) is 4.98 Å². The number of nitriles is 1. The number of aromatic amines is 1. The van der Waals surface area contributed by atoms with Crippen molar-refractivity contribution >= 4 is 26.8 Å². The molecular weight excluding hydrogens is 352 g/mol. The topological polar surface area (TPSA) is 57.4 Å². The Kier molecular flexibility index (Phi) is 3.25. The molecule has 4 rings (SSSR count). The lowest BCUT2D eigenvalue weighted by Crippen LogP contribution is -1.94. The second-order valence-electron chi connectivity index (χ2n) is 5.21. The van der Waals surface area contributed by atoms with E-state index in [1.165, 1.54) is 0 Å². The second kappa shape index (κ2) is 5.41. The highest BCUT2D eigenvalue weighted by molar-refractivity contribution is 9.10. The molecule has 0 aliphatic heterocycles. The summed E-state index contributed by atoms with van der Waals surface area (Å²) >= 11 is 3.39. The van der Waals surface area contributed by atoms with Crippen LogP contribution in [0.1, 0.15) is 5.56 Å². The summed E-state index contributed by atoms with van der Waals surface area (Å²) < 4.78 is 2.75. The zero-order valence-electron chi connectivity index (χ0n) is 12.0. The van der Waals surface area contributed by atoms with Crippen molar-refractivity contribution < 1.29 is 0 Å². The minimum atomic E-state index is 0.597. The van der Waals surface area contributed by atoms with E-state index in [1.54, 1.807) is 12.4 Å². The predicted molar refractivity (Wildman–Crippen MR) is 93.3 cm³/mol. The number of nitrogens with zero attached hydrogens (tertiary/aromatic N) is 3. The van der Waals surface area contributed by atoms with Crippen LogP contribution in [0.15, 0.2) is 65.5 Å². The summed E-state index contributed by atoms with van der Waals surface area (Å²) in [7, 11) is 0. The quantitative estimate of drug-likeness (QED) is 0.563. The Balaban J connectivity index is 1.79. The molecule has 2 aromatic carbocycles. The molecule has 4 nitrogen and oxygen atoms in total. The third-order valence-electron chi connectivity index (χ3n) is 3.75. The first-order chi connectivity index (χ1) is 11.2. The van der Waals surface area contributed by atoms with E-state index >= 15 is 0 Å². The fourth-order valence-electron chi connectivity index (χ4n) is 2.63. The Labute approximate surface area is 141 Å². The van der Waals surface area contributed by atoms with Crippen molar-refractivity contribution in [2.24, 2.45) is 0 Å². The van der Waals surface area contributed by atoms with Gasteiger partial charge in [-0.05, 0) is 30.3 Å². The summed E-state index contributed by atoms with van der Waals surface area (Å²) in [5, 5.41) is 10.5. The molecule has 4 aromatic rings. The van der Waals surface area contributed by atoms with Gasteiger partial charge in [-0.2, -0.15) is 5.26 Å². The average Bonchev–Trinajstić information content (AvgIpc) is 3.21. The zero-order valence-corrected chi connectivity index (χ0v) is 13.6. The van der Waals surface area contributed by atoms with E-state index in [0.29, 0.717) is 5.56 Å². The van der Waals surface area contributed by atoms with Gasteiger partial charge in [0.1, 0.15) is 18.1 Å². The first kappa shape index (κ1) is 13.8. The number of fused-ring (bicyclic) bond motifs is 1. The molecule has 1 N–H and O–H groups in total. The van der Waals surface area contributed by atoms with Gasteiger partial charge in [0.15, 0.2) is 0 Å². The number of imidazole rings is 1. The number of halogens is 1. The van der Waals surface area contributed by atoms with Crippen LogP contribution in [0.5, 0.6) is 0 Å². The maximum Gasteiger partial charge on any atom is 0.105 e. The lowest BCUT2D eigenvalue weighted by molar-refractivity contribution is 1.05. The maximum atomic E-state index is 9.31. The number of benzene rings is 2. The van der Waals surface area contributed by atoms with Gasteiger partial charge in [0.25, 0.3) is 0 Å². The number of aromatic nitrogens is 3. The molecule has 0 unspecified atom stereocenters. The molecule has 23 heavy (non-hydrogen) atoms. The molecular formula is C18H11BrN4. The first-order valence-corrected chi connectivity index (χ1v) is 7.86. The summed E-state index contributed by atoms with van der Waals surface area (Å²) in [6.07, 6.45) is 3.65. The van der Waals surface area contributed by atoms with Gasteiger partial charge in [-0.1, -0.05) is 34.1 Å². The molecule has 0 aliphatic rings. The molecule has 2 aromatic heterocycles. The van der Waals surface area contributed by atoms with Crippen LogP contribution in [0.3, 0.4) is 0 Å². The van der Waals surface area contributed by atoms with Crippen molar-refractivity contribution in [3.63, 3.8) is 0 Å². The van der Waals surface area contributed by atoms with Gasteiger partial charge >= 0.3 is 0 Å². The van der Waals surface area contributed by atoms with E-state index < -0.39 is 0 Å². The van der Waals surface area contributed by atoms with Crippen LogP contribution >= 0.6 is 15.9 Å². The summed E-state index contributed by atoms with van der Waals surface area (Å²) in [5.74, 6) is 0. The fraction of sp³-hybridized carbons (Fsp3) is 0. The average molecular weight is 363 g/mol. The summed E-state index contributed by atoms with van der Waals surface area (Å²) in [4.78, 5) is 7.83. The van der Waals surface area contributed by atoms with Crippen molar-refractivity contribution in [1.82, 2.24) is 14.5 Å². The molecule has 0 radical (unpaired) electrons. The Morgan fingerprint density at radius 2 is 2.00 bits per heavy atom. The van der Waals surface area contributed by atoms with Crippen molar-refractivity contribution in [2.45, 2.75) is 0 Å². The van der Waals surface area contributed by atoms with Crippen molar-refractivity contribution in [2.75, 3.05) is 0 Å². The lowest BCUT2D eigenvalue weighted by atomic mass is 10.2. The number of H-pyrrole nitrogens is 1. The summed E-state index contributed by atoms with van der Waals surface area (Å²) in [6, 6.07) is 18.0. The molecule has 0 saturated carbocycles. The van der Waals surface area contributed by atoms with Gasteiger partial charge < -0.3 is 9.55 Å². The highest BCUT2D eigenvalue weighted by Crippen LogP contribution is 2.25. The number of nitrogens with one attached hydrogen (secondary N) is 1. The van der Waals surface area contributed by atoms with Gasteiger partial charge in [-0.3, -0.25) is 0 Å². The van der Waals surface area contributed by atoms with E-state index in [0.717, 1.165) is 32.5 Å². The largest absolute Gasteiger partial charge is 0.353 e. The number of hydrogen-bond donors (Lipinski definition) is 1. The first-order valence-electron chi connectivity index (χ1n) is 7.07. The highest BCUT2D eigenvalue weighted by atomic mass is 79.9. The number of hydrogen-bond acceptors (Lipinski definition) is 2. The summed E-state index contributed by atoms with van der Waals surface area (Å²) in [6.45, 7) is 0. The number of para-hydroxylation sites is 1. The SMILES string of the molecule is N#Cc1cc(Br)ccc1-n1cnc(-c2cc3ccccc3[nH]2)c1. The smallest absolute Gasteiger partial charge is 0.105 e. The molecule has 110 valence electrons. The predicted octanol–water partition coefficient (Wildman–Crippen LogP) is 4.65. The van der Waals surface area contributed by atoms with Crippen LogP contribution in [-0.4, -0.2) is 14.5 Å². The third kappa shape index (κ3) is 2.43. The van der Waals surface area contributed by atoms with E-state index in [2.05, 4.69) is 44.1 Å². The van der Waals surface area contributed by atoms with Crippen molar-refractivity contribution in [3.8, 4) is 23.1 Å². The Bertz CT molecular complexity index is 1020. The molecule has 0 amide bonds. The summed E-state index contributed by atoms with van der Waals surface area (Å²) in [5.41, 5.74) is 4.29. The van der Waals surface area contributed by atoms with Gasteiger partial charge in [0.05, 0.1) is 16.9 Å². The van der Waals surface area contributed by atoms with Crippen LogP contribution in [0, 0.1) is 11.3 Å². The van der Waals surface area contributed by atoms with Crippen LogP contribution in [0.4, 0.5) is 0 Å². The Hall–Kier alpha value is -2.84. The molecule has 0 bridgehead atoms. The molecule has 0 atom stereocenters. The third-order valence-corrected chi connectivity index (χ3v) is 4.24. The van der Waals surface area contributed by atoms with Crippen LogP contribution < -0.4 is 0 Å².